The average molecular weight is 356 g/mol. The van der Waals surface area contributed by atoms with Crippen LogP contribution in [0.25, 0.3) is 0 Å². The second-order valence-electron chi connectivity index (χ2n) is 7.39. The van der Waals surface area contributed by atoms with Gasteiger partial charge in [0.25, 0.3) is 0 Å². The van der Waals surface area contributed by atoms with Gasteiger partial charge in [-0.15, -0.1) is 0 Å². The lowest BCUT2D eigenvalue weighted by atomic mass is 9.95. The molecule has 0 atom stereocenters. The second kappa shape index (κ2) is 8.63. The maximum absolute atomic E-state index is 13.6. The van der Waals surface area contributed by atoms with Crippen LogP contribution in [0.5, 0.6) is 0 Å². The summed E-state index contributed by atoms with van der Waals surface area (Å²) in [4.78, 5) is 12.6. The van der Waals surface area contributed by atoms with Crippen molar-refractivity contribution in [1.82, 2.24) is 9.88 Å². The molecule has 4 heteroatoms. The van der Waals surface area contributed by atoms with Crippen LogP contribution in [0.15, 0.2) is 30.3 Å². The van der Waals surface area contributed by atoms with Gasteiger partial charge in [0.05, 0.1) is 6.54 Å². The van der Waals surface area contributed by atoms with Crippen molar-refractivity contribution in [3.05, 3.63) is 58.7 Å². The Labute approximate surface area is 155 Å². The molecule has 1 heterocycles. The summed E-state index contributed by atoms with van der Waals surface area (Å²) in [6, 6.07) is 9.36. The predicted octanol–water partition coefficient (Wildman–Crippen LogP) is 4.76. The summed E-state index contributed by atoms with van der Waals surface area (Å²) in [6.45, 7) is 5.05. The van der Waals surface area contributed by atoms with Crippen molar-refractivity contribution in [3.8, 4) is 0 Å². The van der Waals surface area contributed by atoms with Gasteiger partial charge in [0.1, 0.15) is 5.82 Å². The summed E-state index contributed by atoms with van der Waals surface area (Å²) in [6.07, 6.45) is 6.90. The molecule has 0 radical (unpaired) electrons. The monoisotopic (exact) mass is 356 g/mol. The topological polar surface area (TPSA) is 34.0 Å². The molecule has 1 aliphatic rings. The van der Waals surface area contributed by atoms with Crippen LogP contribution in [-0.4, -0.2) is 23.4 Å². The zero-order valence-electron chi connectivity index (χ0n) is 15.9. The normalized spacial score (nSPS) is 15.3. The van der Waals surface area contributed by atoms with Crippen molar-refractivity contribution < 1.29 is 9.18 Å². The third kappa shape index (κ3) is 4.24. The molecule has 0 aliphatic heterocycles. The quantitative estimate of drug-likeness (QED) is 0.573. The summed E-state index contributed by atoms with van der Waals surface area (Å²) in [5, 5.41) is 3.17. The van der Waals surface area contributed by atoms with E-state index in [2.05, 4.69) is 23.7 Å². The number of aromatic nitrogens is 1. The molecule has 0 amide bonds. The van der Waals surface area contributed by atoms with Gasteiger partial charge in [0, 0.05) is 23.0 Å². The summed E-state index contributed by atoms with van der Waals surface area (Å²) in [5.41, 5.74) is 3.79. The SMILES string of the molecule is Cc1cc(C(=O)CNCCc2ccccc2F)c(C)n1C1CCCCC1. The number of nitrogens with one attached hydrogen (secondary N) is 1. The fourth-order valence-electron chi connectivity index (χ4n) is 4.18. The van der Waals surface area contributed by atoms with Crippen molar-refractivity contribution in [2.45, 2.75) is 58.4 Å². The van der Waals surface area contributed by atoms with Gasteiger partial charge in [0.2, 0.25) is 0 Å². The Morgan fingerprint density at radius 2 is 1.92 bits per heavy atom. The number of hydrogen-bond donors (Lipinski definition) is 1. The first-order valence-corrected chi connectivity index (χ1v) is 9.73. The highest BCUT2D eigenvalue weighted by Crippen LogP contribution is 2.32. The Hall–Kier alpha value is -1.94. The van der Waals surface area contributed by atoms with Gasteiger partial charge in [-0.05, 0) is 57.4 Å². The van der Waals surface area contributed by atoms with E-state index < -0.39 is 0 Å². The van der Waals surface area contributed by atoms with Crippen LogP contribution >= 0.6 is 0 Å². The highest BCUT2D eigenvalue weighted by Gasteiger charge is 2.22. The number of carbonyl (C=O) groups is 1. The van der Waals surface area contributed by atoms with E-state index in [1.54, 1.807) is 12.1 Å². The number of Topliss-reactive ketones (excluding diaryl/α,β-unsaturated/α-hetero) is 1. The maximum Gasteiger partial charge on any atom is 0.178 e. The maximum atomic E-state index is 13.6. The predicted molar refractivity (Wildman–Crippen MR) is 103 cm³/mol. The smallest absolute Gasteiger partial charge is 0.178 e. The van der Waals surface area contributed by atoms with Crippen molar-refractivity contribution in [2.75, 3.05) is 13.1 Å². The van der Waals surface area contributed by atoms with Crippen molar-refractivity contribution in [2.24, 2.45) is 0 Å². The molecular weight excluding hydrogens is 327 g/mol. The van der Waals surface area contributed by atoms with Crippen LogP contribution < -0.4 is 5.32 Å². The zero-order valence-corrected chi connectivity index (χ0v) is 15.9. The molecule has 0 spiro atoms. The molecule has 1 saturated carbocycles. The molecule has 0 bridgehead atoms. The lowest BCUT2D eigenvalue weighted by molar-refractivity contribution is 0.0990. The van der Waals surface area contributed by atoms with Crippen LogP contribution in [0.2, 0.25) is 0 Å². The highest BCUT2D eigenvalue weighted by atomic mass is 19.1. The summed E-state index contributed by atoms with van der Waals surface area (Å²) in [7, 11) is 0. The second-order valence-corrected chi connectivity index (χ2v) is 7.39. The van der Waals surface area contributed by atoms with Gasteiger partial charge in [-0.2, -0.15) is 0 Å². The van der Waals surface area contributed by atoms with Crippen molar-refractivity contribution >= 4 is 5.78 Å². The minimum absolute atomic E-state index is 0.119. The van der Waals surface area contributed by atoms with Crippen molar-refractivity contribution in [3.63, 3.8) is 0 Å². The highest BCUT2D eigenvalue weighted by molar-refractivity contribution is 5.99. The van der Waals surface area contributed by atoms with Crippen LogP contribution in [0, 0.1) is 19.7 Å². The molecule has 1 aromatic heterocycles. The minimum atomic E-state index is -0.184. The molecule has 3 rings (SSSR count). The Kier molecular flexibility index (Phi) is 6.25. The van der Waals surface area contributed by atoms with E-state index in [1.807, 2.05) is 12.1 Å². The van der Waals surface area contributed by atoms with Crippen LogP contribution in [0.3, 0.4) is 0 Å². The molecule has 1 aliphatic carbocycles. The molecule has 0 saturated heterocycles. The Morgan fingerprint density at radius 3 is 2.65 bits per heavy atom. The Morgan fingerprint density at radius 1 is 1.19 bits per heavy atom. The molecule has 140 valence electrons. The molecule has 3 nitrogen and oxygen atoms in total. The number of rotatable bonds is 7. The van der Waals surface area contributed by atoms with E-state index in [0.717, 1.165) is 11.3 Å². The lowest BCUT2D eigenvalue weighted by Gasteiger charge is -2.26. The van der Waals surface area contributed by atoms with Crippen LogP contribution in [0.4, 0.5) is 4.39 Å². The van der Waals surface area contributed by atoms with E-state index in [9.17, 15) is 9.18 Å². The largest absolute Gasteiger partial charge is 0.345 e. The zero-order chi connectivity index (χ0) is 18.5. The molecular formula is C22H29FN2O. The van der Waals surface area contributed by atoms with E-state index in [4.69, 9.17) is 0 Å². The Bertz CT molecular complexity index is 759. The summed E-state index contributed by atoms with van der Waals surface area (Å²) >= 11 is 0. The lowest BCUT2D eigenvalue weighted by Crippen LogP contribution is -2.26. The average Bonchev–Trinajstić information content (AvgIpc) is 2.95. The van der Waals surface area contributed by atoms with Crippen LogP contribution in [-0.2, 0) is 6.42 Å². The number of ketones is 1. The van der Waals surface area contributed by atoms with Gasteiger partial charge in [-0.25, -0.2) is 4.39 Å². The number of halogens is 1. The molecule has 1 fully saturated rings. The first-order valence-electron chi connectivity index (χ1n) is 9.73. The number of hydrogen-bond acceptors (Lipinski definition) is 2. The fourth-order valence-corrected chi connectivity index (χ4v) is 4.18. The number of aryl methyl sites for hydroxylation is 1. The number of carbonyl (C=O) groups excluding carboxylic acids is 1. The number of nitrogens with zero attached hydrogens (tertiary/aromatic N) is 1. The van der Waals surface area contributed by atoms with Gasteiger partial charge < -0.3 is 9.88 Å². The molecule has 1 aromatic carbocycles. The Balaban J connectivity index is 1.57. The van der Waals surface area contributed by atoms with Gasteiger partial charge in [-0.1, -0.05) is 37.5 Å². The third-order valence-corrected chi connectivity index (χ3v) is 5.54. The van der Waals surface area contributed by atoms with E-state index in [1.165, 1.54) is 43.9 Å². The van der Waals surface area contributed by atoms with Crippen LogP contribution in [0.1, 0.15) is 65.5 Å². The first kappa shape index (κ1) is 18.8. The first-order chi connectivity index (χ1) is 12.6. The number of benzene rings is 1. The third-order valence-electron chi connectivity index (χ3n) is 5.54. The van der Waals surface area contributed by atoms with E-state index in [-0.39, 0.29) is 11.6 Å². The summed E-state index contributed by atoms with van der Waals surface area (Å²) < 4.78 is 16.0. The van der Waals surface area contributed by atoms with Crippen molar-refractivity contribution in [1.29, 1.82) is 0 Å². The molecule has 1 N–H and O–H groups in total. The molecule has 2 aromatic rings. The van der Waals surface area contributed by atoms with E-state index >= 15 is 0 Å². The fraction of sp³-hybridized carbons (Fsp3) is 0.500. The van der Waals surface area contributed by atoms with E-state index in [0.29, 0.717) is 31.1 Å². The standard InChI is InChI=1S/C22H29FN2O/c1-16-14-20(17(2)25(16)19-9-4-3-5-10-19)22(26)15-24-13-12-18-8-6-7-11-21(18)23/h6-8,11,14,19,24H,3-5,9-10,12-13,15H2,1-2H3. The molecule has 26 heavy (non-hydrogen) atoms. The van der Waals surface area contributed by atoms with Gasteiger partial charge >= 0.3 is 0 Å². The molecule has 0 unspecified atom stereocenters. The van der Waals surface area contributed by atoms with Gasteiger partial charge in [-0.3, -0.25) is 4.79 Å². The minimum Gasteiger partial charge on any atom is -0.345 e. The van der Waals surface area contributed by atoms with Gasteiger partial charge in [0.15, 0.2) is 5.78 Å². The summed E-state index contributed by atoms with van der Waals surface area (Å²) in [5.74, 6) is -0.0645.